The van der Waals surface area contributed by atoms with Crippen molar-refractivity contribution in [3.8, 4) is 0 Å². The molecule has 0 radical (unpaired) electrons. The van der Waals surface area contributed by atoms with Crippen LogP contribution in [0.5, 0.6) is 0 Å². The lowest BCUT2D eigenvalue weighted by Gasteiger charge is -2.06. The van der Waals surface area contributed by atoms with Gasteiger partial charge >= 0.3 is 0 Å². The Morgan fingerprint density at radius 2 is 1.86 bits per heavy atom. The molecule has 0 bridgehead atoms. The van der Waals surface area contributed by atoms with E-state index in [9.17, 15) is 0 Å². The summed E-state index contributed by atoms with van der Waals surface area (Å²) in [7, 11) is 1.95. The standard InChI is InChI=1S/C17H16Cl2N2/c1-20-9-13-11-21(10-12-3-2-4-14(18)7-12)17-8-15(19)5-6-16(13)17/h2-8,11,20H,9-10H2,1H3. The van der Waals surface area contributed by atoms with Gasteiger partial charge in [-0.05, 0) is 42.4 Å². The Bertz CT molecular complexity index is 778. The first kappa shape index (κ1) is 14.5. The molecule has 0 saturated carbocycles. The molecule has 3 rings (SSSR count). The second kappa shape index (κ2) is 6.10. The highest BCUT2D eigenvalue weighted by atomic mass is 35.5. The summed E-state index contributed by atoms with van der Waals surface area (Å²) in [5.74, 6) is 0. The van der Waals surface area contributed by atoms with Crippen molar-refractivity contribution in [2.75, 3.05) is 7.05 Å². The van der Waals surface area contributed by atoms with E-state index in [1.54, 1.807) is 0 Å². The van der Waals surface area contributed by atoms with Crippen LogP contribution in [0.15, 0.2) is 48.7 Å². The van der Waals surface area contributed by atoms with Crippen molar-refractivity contribution in [1.29, 1.82) is 0 Å². The fraction of sp³-hybridized carbons (Fsp3) is 0.176. The molecule has 21 heavy (non-hydrogen) atoms. The highest BCUT2D eigenvalue weighted by molar-refractivity contribution is 6.31. The fourth-order valence-corrected chi connectivity index (χ4v) is 3.01. The number of hydrogen-bond acceptors (Lipinski definition) is 1. The monoisotopic (exact) mass is 318 g/mol. The smallest absolute Gasteiger partial charge is 0.0501 e. The second-order valence-corrected chi connectivity index (χ2v) is 5.98. The summed E-state index contributed by atoms with van der Waals surface area (Å²) in [6.07, 6.45) is 2.18. The molecule has 0 saturated heterocycles. The molecule has 108 valence electrons. The second-order valence-electron chi connectivity index (χ2n) is 5.10. The molecular weight excluding hydrogens is 303 g/mol. The first-order valence-corrected chi connectivity index (χ1v) is 7.59. The maximum absolute atomic E-state index is 6.16. The third-order valence-electron chi connectivity index (χ3n) is 3.54. The minimum atomic E-state index is 0.754. The lowest BCUT2D eigenvalue weighted by Crippen LogP contribution is -2.04. The molecule has 0 unspecified atom stereocenters. The molecule has 4 heteroatoms. The van der Waals surface area contributed by atoms with E-state index in [0.717, 1.165) is 28.7 Å². The van der Waals surface area contributed by atoms with Crippen LogP contribution in [0.4, 0.5) is 0 Å². The van der Waals surface area contributed by atoms with Crippen molar-refractivity contribution in [3.63, 3.8) is 0 Å². The molecule has 0 aliphatic rings. The van der Waals surface area contributed by atoms with E-state index in [1.807, 2.05) is 37.4 Å². The van der Waals surface area contributed by atoms with Crippen LogP contribution in [-0.2, 0) is 13.1 Å². The summed E-state index contributed by atoms with van der Waals surface area (Å²) in [6, 6.07) is 14.0. The Morgan fingerprint density at radius 3 is 2.62 bits per heavy atom. The maximum Gasteiger partial charge on any atom is 0.0501 e. The summed E-state index contributed by atoms with van der Waals surface area (Å²) in [5, 5.41) is 5.96. The SMILES string of the molecule is CNCc1cn(Cc2cccc(Cl)c2)c2cc(Cl)ccc12. The number of halogens is 2. The van der Waals surface area contributed by atoms with Crippen molar-refractivity contribution in [2.24, 2.45) is 0 Å². The molecule has 0 fully saturated rings. The van der Waals surface area contributed by atoms with Gasteiger partial charge in [-0.2, -0.15) is 0 Å². The van der Waals surface area contributed by atoms with Gasteiger partial charge in [-0.3, -0.25) is 0 Å². The van der Waals surface area contributed by atoms with E-state index in [0.29, 0.717) is 0 Å². The van der Waals surface area contributed by atoms with Crippen LogP contribution in [0.2, 0.25) is 10.0 Å². The number of aromatic nitrogens is 1. The average Bonchev–Trinajstić information content (AvgIpc) is 2.77. The van der Waals surface area contributed by atoms with Gasteiger partial charge in [0.2, 0.25) is 0 Å². The Morgan fingerprint density at radius 1 is 1.05 bits per heavy atom. The average molecular weight is 319 g/mol. The lowest BCUT2D eigenvalue weighted by molar-refractivity contribution is 0.795. The van der Waals surface area contributed by atoms with Crippen molar-refractivity contribution in [3.05, 3.63) is 69.8 Å². The zero-order valence-corrected chi connectivity index (χ0v) is 13.2. The van der Waals surface area contributed by atoms with Crippen LogP contribution in [0.3, 0.4) is 0 Å². The predicted molar refractivity (Wildman–Crippen MR) is 90.3 cm³/mol. The third-order valence-corrected chi connectivity index (χ3v) is 4.01. The quantitative estimate of drug-likeness (QED) is 0.736. The highest BCUT2D eigenvalue weighted by Crippen LogP contribution is 2.26. The first-order valence-electron chi connectivity index (χ1n) is 6.83. The number of hydrogen-bond donors (Lipinski definition) is 1. The fourth-order valence-electron chi connectivity index (χ4n) is 2.64. The summed E-state index contributed by atoms with van der Waals surface area (Å²) < 4.78 is 2.22. The lowest BCUT2D eigenvalue weighted by atomic mass is 10.2. The molecular formula is C17H16Cl2N2. The van der Waals surface area contributed by atoms with Gasteiger partial charge in [-0.25, -0.2) is 0 Å². The normalized spacial score (nSPS) is 11.2. The maximum atomic E-state index is 6.16. The zero-order chi connectivity index (χ0) is 14.8. The van der Waals surface area contributed by atoms with Gasteiger partial charge in [-0.15, -0.1) is 0 Å². The zero-order valence-electron chi connectivity index (χ0n) is 11.7. The number of nitrogens with zero attached hydrogens (tertiary/aromatic N) is 1. The van der Waals surface area contributed by atoms with Crippen LogP contribution in [-0.4, -0.2) is 11.6 Å². The Hall–Kier alpha value is -1.48. The van der Waals surface area contributed by atoms with E-state index in [1.165, 1.54) is 16.5 Å². The topological polar surface area (TPSA) is 17.0 Å². The summed E-state index contributed by atoms with van der Waals surface area (Å²) in [5.41, 5.74) is 3.59. The van der Waals surface area contributed by atoms with Crippen LogP contribution in [0.25, 0.3) is 10.9 Å². The molecule has 0 atom stereocenters. The van der Waals surface area contributed by atoms with Crippen molar-refractivity contribution in [2.45, 2.75) is 13.1 Å². The molecule has 0 aliphatic heterocycles. The first-order chi connectivity index (χ1) is 10.2. The molecule has 2 aromatic carbocycles. The van der Waals surface area contributed by atoms with Gasteiger partial charge < -0.3 is 9.88 Å². The van der Waals surface area contributed by atoms with Crippen molar-refractivity contribution >= 4 is 34.1 Å². The third kappa shape index (κ3) is 3.08. The molecule has 0 spiro atoms. The Balaban J connectivity index is 2.06. The molecule has 1 N–H and O–H groups in total. The largest absolute Gasteiger partial charge is 0.343 e. The highest BCUT2D eigenvalue weighted by Gasteiger charge is 2.09. The summed E-state index contributed by atoms with van der Waals surface area (Å²) in [6.45, 7) is 1.61. The number of rotatable bonds is 4. The van der Waals surface area contributed by atoms with Gasteiger partial charge in [0.15, 0.2) is 0 Å². The van der Waals surface area contributed by atoms with Crippen LogP contribution in [0.1, 0.15) is 11.1 Å². The van der Waals surface area contributed by atoms with Gasteiger partial charge in [0.1, 0.15) is 0 Å². The van der Waals surface area contributed by atoms with Gasteiger partial charge in [0.25, 0.3) is 0 Å². The summed E-state index contributed by atoms with van der Waals surface area (Å²) >= 11 is 12.2. The number of fused-ring (bicyclic) bond motifs is 1. The van der Waals surface area contributed by atoms with Gasteiger partial charge in [0, 0.05) is 34.7 Å². The minimum absolute atomic E-state index is 0.754. The molecule has 2 nitrogen and oxygen atoms in total. The predicted octanol–water partition coefficient (Wildman–Crippen LogP) is 4.72. The van der Waals surface area contributed by atoms with E-state index in [4.69, 9.17) is 23.2 Å². The Labute approximate surface area is 134 Å². The molecule has 0 aliphatic carbocycles. The minimum Gasteiger partial charge on any atom is -0.343 e. The van der Waals surface area contributed by atoms with Crippen LogP contribution in [0, 0.1) is 0 Å². The molecule has 1 heterocycles. The number of nitrogens with one attached hydrogen (secondary N) is 1. The number of benzene rings is 2. The van der Waals surface area contributed by atoms with Crippen molar-refractivity contribution < 1.29 is 0 Å². The van der Waals surface area contributed by atoms with E-state index < -0.39 is 0 Å². The van der Waals surface area contributed by atoms with E-state index >= 15 is 0 Å². The van der Waals surface area contributed by atoms with E-state index in [-0.39, 0.29) is 0 Å². The van der Waals surface area contributed by atoms with E-state index in [2.05, 4.69) is 28.2 Å². The molecule has 0 amide bonds. The van der Waals surface area contributed by atoms with Gasteiger partial charge in [-0.1, -0.05) is 41.4 Å². The summed E-state index contributed by atoms with van der Waals surface area (Å²) in [4.78, 5) is 0. The molecule has 1 aromatic heterocycles. The van der Waals surface area contributed by atoms with Crippen LogP contribution >= 0.6 is 23.2 Å². The molecule has 3 aromatic rings. The Kier molecular flexibility index (Phi) is 4.20. The van der Waals surface area contributed by atoms with Crippen molar-refractivity contribution in [1.82, 2.24) is 9.88 Å². The van der Waals surface area contributed by atoms with Gasteiger partial charge in [0.05, 0.1) is 5.52 Å². The van der Waals surface area contributed by atoms with Crippen LogP contribution < -0.4 is 5.32 Å².